The summed E-state index contributed by atoms with van der Waals surface area (Å²) in [4.78, 5) is 24.5. The number of rotatable bonds is 6. The largest absolute Gasteiger partial charge is 0.307 e. The second-order valence-corrected chi connectivity index (χ2v) is 7.80. The number of amides is 1. The molecule has 3 heterocycles. The van der Waals surface area contributed by atoms with Gasteiger partial charge in [-0.2, -0.15) is 10.1 Å². The topological polar surface area (TPSA) is 63.4 Å². The lowest BCUT2D eigenvalue weighted by Gasteiger charge is -2.23. The van der Waals surface area contributed by atoms with E-state index in [1.807, 2.05) is 31.4 Å². The maximum atomic E-state index is 13.4. The van der Waals surface area contributed by atoms with E-state index in [9.17, 15) is 9.18 Å². The van der Waals surface area contributed by atoms with E-state index in [0.717, 1.165) is 21.8 Å². The monoisotopic (exact) mass is 409 g/mol. The molecule has 8 heteroatoms. The van der Waals surface area contributed by atoms with Gasteiger partial charge < -0.3 is 4.90 Å². The molecule has 0 spiro atoms. The van der Waals surface area contributed by atoms with Gasteiger partial charge in [-0.1, -0.05) is 6.07 Å². The fourth-order valence-electron chi connectivity index (χ4n) is 3.39. The molecule has 0 aliphatic rings. The van der Waals surface area contributed by atoms with Gasteiger partial charge in [0.1, 0.15) is 12.1 Å². The summed E-state index contributed by atoms with van der Waals surface area (Å²) in [6, 6.07) is 9.98. The molecule has 4 rings (SSSR count). The maximum absolute atomic E-state index is 13.4. The van der Waals surface area contributed by atoms with Crippen LogP contribution in [0, 0.1) is 19.7 Å². The molecule has 0 saturated heterocycles. The number of aryl methyl sites for hydroxylation is 2. The van der Waals surface area contributed by atoms with Gasteiger partial charge in [0, 0.05) is 28.4 Å². The zero-order valence-electron chi connectivity index (χ0n) is 16.2. The van der Waals surface area contributed by atoms with Crippen molar-refractivity contribution in [1.82, 2.24) is 19.6 Å². The van der Waals surface area contributed by atoms with Gasteiger partial charge in [0.25, 0.3) is 5.78 Å². The van der Waals surface area contributed by atoms with Crippen molar-refractivity contribution in [2.45, 2.75) is 33.2 Å². The highest BCUT2D eigenvalue weighted by atomic mass is 32.1. The maximum Gasteiger partial charge on any atom is 0.252 e. The van der Waals surface area contributed by atoms with E-state index in [-0.39, 0.29) is 11.7 Å². The summed E-state index contributed by atoms with van der Waals surface area (Å²) in [6.07, 6.45) is 2.33. The van der Waals surface area contributed by atoms with E-state index in [4.69, 9.17) is 0 Å². The SMILES string of the molecule is Cc1nc2ncnn2c(C)c1CCC(=O)N(Cc1cccs1)c1ccc(F)cc1. The van der Waals surface area contributed by atoms with Gasteiger partial charge in [-0.15, -0.1) is 11.3 Å². The third-order valence-electron chi connectivity index (χ3n) is 4.91. The van der Waals surface area contributed by atoms with Crippen LogP contribution in [0.5, 0.6) is 0 Å². The molecule has 0 aliphatic heterocycles. The predicted molar refractivity (Wildman–Crippen MR) is 110 cm³/mol. The lowest BCUT2D eigenvalue weighted by atomic mass is 10.1. The van der Waals surface area contributed by atoms with Crippen molar-refractivity contribution >= 4 is 28.7 Å². The molecule has 0 radical (unpaired) electrons. The van der Waals surface area contributed by atoms with Crippen molar-refractivity contribution in [2.75, 3.05) is 4.90 Å². The van der Waals surface area contributed by atoms with E-state index >= 15 is 0 Å². The molecule has 1 aromatic carbocycles. The van der Waals surface area contributed by atoms with E-state index in [2.05, 4.69) is 15.1 Å². The van der Waals surface area contributed by atoms with Crippen molar-refractivity contribution in [3.63, 3.8) is 0 Å². The van der Waals surface area contributed by atoms with Crippen molar-refractivity contribution in [3.8, 4) is 0 Å². The third-order valence-corrected chi connectivity index (χ3v) is 5.77. The van der Waals surface area contributed by atoms with Gasteiger partial charge in [0.2, 0.25) is 5.91 Å². The first-order chi connectivity index (χ1) is 14.0. The summed E-state index contributed by atoms with van der Waals surface area (Å²) in [6.45, 7) is 4.34. The number of nitrogens with zero attached hydrogens (tertiary/aromatic N) is 5. The van der Waals surface area contributed by atoms with Crippen LogP contribution in [0.2, 0.25) is 0 Å². The molecule has 0 aliphatic carbocycles. The van der Waals surface area contributed by atoms with Crippen molar-refractivity contribution in [3.05, 3.63) is 75.8 Å². The number of hydrogen-bond acceptors (Lipinski definition) is 5. The number of benzene rings is 1. The molecular weight excluding hydrogens is 389 g/mol. The van der Waals surface area contributed by atoms with Crippen LogP contribution in [0.25, 0.3) is 5.78 Å². The van der Waals surface area contributed by atoms with Crippen molar-refractivity contribution < 1.29 is 9.18 Å². The molecule has 29 heavy (non-hydrogen) atoms. The zero-order valence-corrected chi connectivity index (χ0v) is 17.0. The average Bonchev–Trinajstić information content (AvgIpc) is 3.38. The second-order valence-electron chi connectivity index (χ2n) is 6.77. The highest BCUT2D eigenvalue weighted by Crippen LogP contribution is 2.23. The van der Waals surface area contributed by atoms with Crippen LogP contribution >= 0.6 is 11.3 Å². The van der Waals surface area contributed by atoms with Crippen LogP contribution in [0.4, 0.5) is 10.1 Å². The van der Waals surface area contributed by atoms with Crippen LogP contribution < -0.4 is 4.90 Å². The van der Waals surface area contributed by atoms with Gasteiger partial charge in [-0.3, -0.25) is 4.79 Å². The van der Waals surface area contributed by atoms with E-state index in [1.165, 1.54) is 18.5 Å². The summed E-state index contributed by atoms with van der Waals surface area (Å²) in [7, 11) is 0. The first kappa shape index (κ1) is 19.2. The number of carbonyl (C=O) groups is 1. The fourth-order valence-corrected chi connectivity index (χ4v) is 4.08. The lowest BCUT2D eigenvalue weighted by Crippen LogP contribution is -2.30. The molecule has 1 amide bonds. The Bertz CT molecular complexity index is 1140. The van der Waals surface area contributed by atoms with Crippen LogP contribution in [-0.4, -0.2) is 25.5 Å². The smallest absolute Gasteiger partial charge is 0.252 e. The molecule has 148 valence electrons. The molecule has 4 aromatic rings. The van der Waals surface area contributed by atoms with Gasteiger partial charge >= 0.3 is 0 Å². The van der Waals surface area contributed by atoms with Gasteiger partial charge in [0.15, 0.2) is 0 Å². The van der Waals surface area contributed by atoms with Crippen molar-refractivity contribution in [1.29, 1.82) is 0 Å². The fraction of sp³-hybridized carbons (Fsp3) is 0.238. The number of thiophene rings is 1. The standard InChI is InChI=1S/C21H20FN5OS/c1-14-19(15(2)27-21(25-14)23-13-24-27)9-10-20(28)26(12-18-4-3-11-29-18)17-7-5-16(22)6-8-17/h3-8,11,13H,9-10,12H2,1-2H3. The highest BCUT2D eigenvalue weighted by Gasteiger charge is 2.19. The first-order valence-corrected chi connectivity index (χ1v) is 10.1. The average molecular weight is 409 g/mol. The normalized spacial score (nSPS) is 11.1. The molecule has 3 aromatic heterocycles. The summed E-state index contributed by atoms with van der Waals surface area (Å²) in [5.74, 6) is 0.207. The number of halogens is 1. The molecule has 6 nitrogen and oxygen atoms in total. The number of fused-ring (bicyclic) bond motifs is 1. The molecular formula is C21H20FN5OS. The highest BCUT2D eigenvalue weighted by molar-refractivity contribution is 7.09. The molecule has 0 bridgehead atoms. The summed E-state index contributed by atoms with van der Waals surface area (Å²) >= 11 is 1.59. The minimum atomic E-state index is -0.323. The predicted octanol–water partition coefficient (Wildman–Crippen LogP) is 4.11. The number of hydrogen-bond donors (Lipinski definition) is 0. The Morgan fingerprint density at radius 1 is 1.21 bits per heavy atom. The third kappa shape index (κ3) is 4.02. The molecule has 0 saturated carbocycles. The zero-order chi connectivity index (χ0) is 20.4. The van der Waals surface area contributed by atoms with E-state index < -0.39 is 0 Å². The first-order valence-electron chi connectivity index (χ1n) is 9.27. The van der Waals surface area contributed by atoms with Crippen LogP contribution in [0.1, 0.15) is 28.2 Å². The Balaban J connectivity index is 1.57. The van der Waals surface area contributed by atoms with E-state index in [0.29, 0.717) is 30.9 Å². The number of aromatic nitrogens is 4. The number of anilines is 1. The minimum absolute atomic E-state index is 0.0255. The van der Waals surface area contributed by atoms with E-state index in [1.54, 1.807) is 32.9 Å². The van der Waals surface area contributed by atoms with Gasteiger partial charge in [-0.25, -0.2) is 13.9 Å². The Morgan fingerprint density at radius 2 is 2.00 bits per heavy atom. The molecule has 0 unspecified atom stereocenters. The quantitative estimate of drug-likeness (QED) is 0.481. The van der Waals surface area contributed by atoms with Gasteiger partial charge in [0.05, 0.1) is 6.54 Å². The van der Waals surface area contributed by atoms with Crippen molar-refractivity contribution in [2.24, 2.45) is 0 Å². The molecule has 0 N–H and O–H groups in total. The summed E-state index contributed by atoms with van der Waals surface area (Å²) in [5.41, 5.74) is 3.46. The minimum Gasteiger partial charge on any atom is -0.307 e. The number of carbonyl (C=O) groups excluding carboxylic acids is 1. The Labute approximate surface area is 171 Å². The summed E-state index contributed by atoms with van der Waals surface area (Å²) < 4.78 is 15.1. The Hall–Kier alpha value is -3.13. The van der Waals surface area contributed by atoms with Gasteiger partial charge in [-0.05, 0) is 61.5 Å². The summed E-state index contributed by atoms with van der Waals surface area (Å²) in [5, 5.41) is 6.18. The van der Waals surface area contributed by atoms with Crippen LogP contribution in [-0.2, 0) is 17.8 Å². The molecule has 0 atom stereocenters. The Kier molecular flexibility index (Phi) is 5.35. The lowest BCUT2D eigenvalue weighted by molar-refractivity contribution is -0.118. The van der Waals surface area contributed by atoms with Crippen LogP contribution in [0.15, 0.2) is 48.1 Å². The van der Waals surface area contributed by atoms with Crippen LogP contribution in [0.3, 0.4) is 0 Å². The molecule has 0 fully saturated rings. The Morgan fingerprint density at radius 3 is 2.72 bits per heavy atom. The second kappa shape index (κ2) is 8.08.